The van der Waals surface area contributed by atoms with Crippen LogP contribution >= 0.6 is 0 Å². The van der Waals surface area contributed by atoms with Crippen LogP contribution in [0.15, 0.2) is 42.1 Å². The van der Waals surface area contributed by atoms with Crippen LogP contribution < -0.4 is 0 Å². The molecule has 1 aromatic carbocycles. The first-order chi connectivity index (χ1) is 10.6. The number of hydrogen-bond acceptors (Lipinski definition) is 4. The fourth-order valence-corrected chi connectivity index (χ4v) is 2.58. The van der Waals surface area contributed by atoms with E-state index in [1.165, 1.54) is 0 Å². The number of quaternary nitrogens is 1. The number of likely N-dealkylation sites (N-methyl/N-ethyl adjacent to an activating group) is 1. The second-order valence-electron chi connectivity index (χ2n) is 5.82. The molecule has 5 heteroatoms. The topological polar surface area (TPSA) is 67.9 Å². The van der Waals surface area contributed by atoms with E-state index in [4.69, 9.17) is 10.5 Å². The number of ketones is 1. The summed E-state index contributed by atoms with van der Waals surface area (Å²) in [6, 6.07) is 13.1. The molecular formula is C17H19N4O+. The van der Waals surface area contributed by atoms with Gasteiger partial charge in [-0.3, -0.25) is 4.79 Å². The zero-order chi connectivity index (χ0) is 16.0. The van der Waals surface area contributed by atoms with Crippen LogP contribution in [0, 0.1) is 22.7 Å². The first-order valence-electron chi connectivity index (χ1n) is 7.24. The van der Waals surface area contributed by atoms with Gasteiger partial charge in [-0.15, -0.1) is 0 Å². The monoisotopic (exact) mass is 295 g/mol. The Morgan fingerprint density at radius 3 is 2.36 bits per heavy atom. The number of carbonyl (C=O) groups is 1. The molecule has 0 spiro atoms. The van der Waals surface area contributed by atoms with E-state index < -0.39 is 0 Å². The smallest absolute Gasteiger partial charge is 0.216 e. The highest BCUT2D eigenvalue weighted by molar-refractivity contribution is 5.96. The first-order valence-corrected chi connectivity index (χ1v) is 7.24. The summed E-state index contributed by atoms with van der Waals surface area (Å²) in [4.78, 5) is 14.3. The van der Waals surface area contributed by atoms with Crippen LogP contribution in [0.2, 0.25) is 0 Å². The number of allylic oxidation sites excluding steroid dienone is 1. The molecule has 1 aliphatic heterocycles. The van der Waals surface area contributed by atoms with Gasteiger partial charge in [-0.05, 0) is 0 Å². The summed E-state index contributed by atoms with van der Waals surface area (Å²) in [7, 11) is 2.08. The van der Waals surface area contributed by atoms with Crippen molar-refractivity contribution in [1.29, 1.82) is 10.5 Å². The number of benzene rings is 1. The van der Waals surface area contributed by atoms with E-state index in [2.05, 4.69) is 7.05 Å². The van der Waals surface area contributed by atoms with Crippen molar-refractivity contribution in [3.8, 4) is 12.1 Å². The lowest BCUT2D eigenvalue weighted by Gasteiger charge is -2.41. The van der Waals surface area contributed by atoms with E-state index in [0.717, 1.165) is 31.7 Å². The number of hydrogen-bond donors (Lipinski definition) is 0. The average molecular weight is 295 g/mol. The Bertz CT molecular complexity index is 627. The van der Waals surface area contributed by atoms with E-state index in [1.807, 2.05) is 47.4 Å². The highest BCUT2D eigenvalue weighted by Gasteiger charge is 2.30. The second-order valence-corrected chi connectivity index (χ2v) is 5.82. The highest BCUT2D eigenvalue weighted by atomic mass is 16.1. The van der Waals surface area contributed by atoms with E-state index in [0.29, 0.717) is 11.0 Å². The molecular weight excluding hydrogens is 276 g/mol. The van der Waals surface area contributed by atoms with Crippen molar-refractivity contribution < 1.29 is 9.28 Å². The first kappa shape index (κ1) is 15.8. The third-order valence-corrected chi connectivity index (χ3v) is 4.03. The summed E-state index contributed by atoms with van der Waals surface area (Å²) < 4.78 is 0.687. The van der Waals surface area contributed by atoms with Crippen LogP contribution in [0.3, 0.4) is 0 Å². The van der Waals surface area contributed by atoms with Crippen molar-refractivity contribution in [3.63, 3.8) is 0 Å². The molecule has 1 aromatic rings. The number of nitriles is 2. The van der Waals surface area contributed by atoms with Crippen LogP contribution in [-0.2, 0) is 0 Å². The molecule has 0 bridgehead atoms. The third kappa shape index (κ3) is 3.94. The molecule has 1 fully saturated rings. The lowest BCUT2D eigenvalue weighted by atomic mass is 10.1. The predicted molar refractivity (Wildman–Crippen MR) is 82.4 cm³/mol. The lowest BCUT2D eigenvalue weighted by molar-refractivity contribution is -0.905. The molecule has 1 saturated heterocycles. The quantitative estimate of drug-likeness (QED) is 0.480. The molecule has 0 saturated carbocycles. The van der Waals surface area contributed by atoms with E-state index in [9.17, 15) is 4.79 Å². The minimum Gasteiger partial charge on any atom is -0.364 e. The zero-order valence-electron chi connectivity index (χ0n) is 12.7. The maximum Gasteiger partial charge on any atom is 0.216 e. The fourth-order valence-electron chi connectivity index (χ4n) is 2.58. The van der Waals surface area contributed by atoms with Gasteiger partial charge < -0.3 is 9.38 Å². The van der Waals surface area contributed by atoms with E-state index in [1.54, 1.807) is 6.20 Å². The number of nitrogens with zero attached hydrogens (tertiary/aromatic N) is 4. The Hall–Kier alpha value is -2.63. The summed E-state index contributed by atoms with van der Waals surface area (Å²) >= 11 is 0. The highest BCUT2D eigenvalue weighted by Crippen LogP contribution is 2.13. The Morgan fingerprint density at radius 2 is 1.82 bits per heavy atom. The largest absolute Gasteiger partial charge is 0.364 e. The van der Waals surface area contributed by atoms with E-state index in [-0.39, 0.29) is 11.4 Å². The van der Waals surface area contributed by atoms with Crippen molar-refractivity contribution in [1.82, 2.24) is 4.90 Å². The van der Waals surface area contributed by atoms with Gasteiger partial charge in [-0.1, -0.05) is 30.3 Å². The molecule has 0 atom stereocenters. The Balaban J connectivity index is 1.95. The molecule has 0 aromatic heterocycles. The molecule has 1 heterocycles. The number of Topliss-reactive ketones (excluding diaryl/α,β-unsaturated/α-hetero) is 1. The van der Waals surface area contributed by atoms with Gasteiger partial charge in [0.25, 0.3) is 0 Å². The van der Waals surface area contributed by atoms with Gasteiger partial charge in [0.2, 0.25) is 5.78 Å². The molecule has 2 rings (SSSR count). The molecule has 5 nitrogen and oxygen atoms in total. The number of piperazine rings is 1. The standard InChI is InChI=1S/C17H19N4O/c1-21(14-17(22)16-5-3-2-4-6-16)9-7-20(8-10-21)13-15(11-18)12-19/h2-6,13H,7-10,14H2,1H3/q+1. The van der Waals surface area contributed by atoms with Crippen molar-refractivity contribution in [2.24, 2.45) is 0 Å². The van der Waals surface area contributed by atoms with E-state index >= 15 is 0 Å². The van der Waals surface area contributed by atoms with Crippen molar-refractivity contribution >= 4 is 5.78 Å². The summed E-state index contributed by atoms with van der Waals surface area (Å²) in [5.74, 6) is 0.154. The second kappa shape index (κ2) is 6.89. The van der Waals surface area contributed by atoms with Gasteiger partial charge in [-0.25, -0.2) is 0 Å². The van der Waals surface area contributed by atoms with Crippen molar-refractivity contribution in [3.05, 3.63) is 47.7 Å². The van der Waals surface area contributed by atoms with Gasteiger partial charge >= 0.3 is 0 Å². The number of rotatable bonds is 4. The molecule has 112 valence electrons. The van der Waals surface area contributed by atoms with Crippen LogP contribution in [0.25, 0.3) is 0 Å². The van der Waals surface area contributed by atoms with Crippen molar-refractivity contribution in [2.45, 2.75) is 0 Å². The molecule has 0 amide bonds. The predicted octanol–water partition coefficient (Wildman–Crippen LogP) is 1.56. The SMILES string of the molecule is C[N+]1(CC(=O)c2ccccc2)CCN(C=C(C#N)C#N)CC1. The molecule has 0 unspecified atom stereocenters. The average Bonchev–Trinajstić information content (AvgIpc) is 2.55. The Labute approximate surface area is 130 Å². The van der Waals surface area contributed by atoms with Crippen molar-refractivity contribution in [2.75, 3.05) is 39.8 Å². The normalized spacial score (nSPS) is 16.2. The lowest BCUT2D eigenvalue weighted by Crippen LogP contribution is -2.58. The minimum absolute atomic E-state index is 0.122. The van der Waals surface area contributed by atoms with Crippen LogP contribution in [0.5, 0.6) is 0 Å². The maximum atomic E-state index is 12.3. The van der Waals surface area contributed by atoms with Gasteiger partial charge in [0.15, 0.2) is 0 Å². The maximum absolute atomic E-state index is 12.3. The molecule has 22 heavy (non-hydrogen) atoms. The van der Waals surface area contributed by atoms with Gasteiger partial charge in [-0.2, -0.15) is 10.5 Å². The Kier molecular flexibility index (Phi) is 4.93. The summed E-state index contributed by atoms with van der Waals surface area (Å²) in [6.07, 6.45) is 1.61. The Morgan fingerprint density at radius 1 is 1.23 bits per heavy atom. The van der Waals surface area contributed by atoms with Gasteiger partial charge in [0.05, 0.1) is 33.2 Å². The molecule has 0 N–H and O–H groups in total. The third-order valence-electron chi connectivity index (χ3n) is 4.03. The summed E-state index contributed by atoms with van der Waals surface area (Å²) in [5, 5.41) is 17.6. The summed E-state index contributed by atoms with van der Waals surface area (Å²) in [5.41, 5.74) is 0.872. The minimum atomic E-state index is 0.122. The number of carbonyl (C=O) groups excluding carboxylic acids is 1. The summed E-state index contributed by atoms with van der Waals surface area (Å²) in [6.45, 7) is 3.60. The van der Waals surface area contributed by atoms with Crippen LogP contribution in [0.1, 0.15) is 10.4 Å². The molecule has 1 aliphatic rings. The van der Waals surface area contributed by atoms with Crippen LogP contribution in [-0.4, -0.2) is 54.9 Å². The molecule has 0 radical (unpaired) electrons. The fraction of sp³-hybridized carbons (Fsp3) is 0.353. The molecule has 0 aliphatic carbocycles. The van der Waals surface area contributed by atoms with Gasteiger partial charge in [0, 0.05) is 11.8 Å². The van der Waals surface area contributed by atoms with Gasteiger partial charge in [0.1, 0.15) is 24.3 Å². The van der Waals surface area contributed by atoms with Crippen LogP contribution in [0.4, 0.5) is 0 Å². The zero-order valence-corrected chi connectivity index (χ0v) is 12.7.